The van der Waals surface area contributed by atoms with Crippen LogP contribution in [0, 0.1) is 0 Å². The van der Waals surface area contributed by atoms with Crippen molar-refractivity contribution < 1.29 is 0 Å². The first-order valence-electron chi connectivity index (χ1n) is 6.84. The SMILES string of the molecule is CCCn1[nH]c(C(C)(C)C)c(-c2ccccc2)c1=O. The molecule has 1 aromatic carbocycles. The predicted octanol–water partition coefficient (Wildman–Crippen LogP) is 3.55. The largest absolute Gasteiger partial charge is 0.299 e. The lowest BCUT2D eigenvalue weighted by Gasteiger charge is -2.18. The average molecular weight is 258 g/mol. The zero-order chi connectivity index (χ0) is 14.0. The molecule has 0 saturated carbocycles. The second-order valence-electron chi connectivity index (χ2n) is 5.93. The molecule has 3 nitrogen and oxygen atoms in total. The van der Waals surface area contributed by atoms with Crippen LogP contribution in [0.15, 0.2) is 35.1 Å². The Morgan fingerprint density at radius 1 is 1.16 bits per heavy atom. The number of aromatic nitrogens is 2. The van der Waals surface area contributed by atoms with Crippen molar-refractivity contribution in [2.45, 2.75) is 46.1 Å². The van der Waals surface area contributed by atoms with Gasteiger partial charge in [0.2, 0.25) is 0 Å². The minimum Gasteiger partial charge on any atom is -0.299 e. The molecule has 2 rings (SSSR count). The highest BCUT2D eigenvalue weighted by molar-refractivity contribution is 5.66. The molecule has 0 aliphatic carbocycles. The van der Waals surface area contributed by atoms with Crippen LogP contribution in [0.25, 0.3) is 11.1 Å². The molecule has 2 aromatic rings. The molecule has 1 aromatic heterocycles. The van der Waals surface area contributed by atoms with E-state index in [4.69, 9.17) is 0 Å². The van der Waals surface area contributed by atoms with Crippen molar-refractivity contribution in [3.8, 4) is 11.1 Å². The molecule has 0 saturated heterocycles. The average Bonchev–Trinajstić information content (AvgIpc) is 2.69. The number of benzene rings is 1. The van der Waals surface area contributed by atoms with Gasteiger partial charge in [-0.15, -0.1) is 0 Å². The Bertz CT molecular complexity index is 600. The minimum absolute atomic E-state index is 0.0800. The maximum atomic E-state index is 12.6. The third kappa shape index (κ3) is 2.65. The standard InChI is InChI=1S/C16H22N2O/c1-5-11-18-15(19)13(12-9-7-6-8-10-12)14(17-18)16(2,3)4/h6-10,17H,5,11H2,1-4H3. The maximum absolute atomic E-state index is 12.6. The molecule has 0 aliphatic rings. The van der Waals surface area contributed by atoms with E-state index in [-0.39, 0.29) is 11.0 Å². The molecule has 0 amide bonds. The third-order valence-corrected chi connectivity index (χ3v) is 3.22. The van der Waals surface area contributed by atoms with Crippen LogP contribution in [0.5, 0.6) is 0 Å². The number of nitrogens with one attached hydrogen (secondary N) is 1. The van der Waals surface area contributed by atoms with Gasteiger partial charge in [-0.2, -0.15) is 0 Å². The van der Waals surface area contributed by atoms with Gasteiger partial charge in [-0.05, 0) is 12.0 Å². The summed E-state index contributed by atoms with van der Waals surface area (Å²) in [6.45, 7) is 9.18. The summed E-state index contributed by atoms with van der Waals surface area (Å²) >= 11 is 0. The van der Waals surface area contributed by atoms with E-state index in [1.807, 2.05) is 30.3 Å². The summed E-state index contributed by atoms with van der Waals surface area (Å²) in [5.74, 6) is 0. The van der Waals surface area contributed by atoms with E-state index in [9.17, 15) is 4.79 Å². The predicted molar refractivity (Wildman–Crippen MR) is 79.5 cm³/mol. The molecule has 0 unspecified atom stereocenters. The van der Waals surface area contributed by atoms with Crippen LogP contribution >= 0.6 is 0 Å². The van der Waals surface area contributed by atoms with Gasteiger partial charge in [-0.3, -0.25) is 14.6 Å². The van der Waals surface area contributed by atoms with Crippen molar-refractivity contribution in [3.05, 3.63) is 46.4 Å². The first-order valence-corrected chi connectivity index (χ1v) is 6.84. The molecule has 0 spiro atoms. The zero-order valence-corrected chi connectivity index (χ0v) is 12.2. The molecule has 0 fully saturated rings. The summed E-state index contributed by atoms with van der Waals surface area (Å²) in [5.41, 5.74) is 2.81. The van der Waals surface area contributed by atoms with Crippen molar-refractivity contribution in [1.29, 1.82) is 0 Å². The fourth-order valence-corrected chi connectivity index (χ4v) is 2.28. The van der Waals surface area contributed by atoms with E-state index in [0.29, 0.717) is 0 Å². The lowest BCUT2D eigenvalue weighted by Crippen LogP contribution is -2.17. The number of aromatic amines is 1. The van der Waals surface area contributed by atoms with Gasteiger partial charge in [0.05, 0.1) is 11.3 Å². The molecule has 102 valence electrons. The van der Waals surface area contributed by atoms with Crippen LogP contribution in [0.1, 0.15) is 39.8 Å². The summed E-state index contributed by atoms with van der Waals surface area (Å²) in [5, 5.41) is 3.29. The van der Waals surface area contributed by atoms with Gasteiger partial charge in [0, 0.05) is 12.0 Å². The van der Waals surface area contributed by atoms with E-state index in [1.165, 1.54) is 0 Å². The maximum Gasteiger partial charge on any atom is 0.274 e. The monoisotopic (exact) mass is 258 g/mol. The highest BCUT2D eigenvalue weighted by Gasteiger charge is 2.25. The topological polar surface area (TPSA) is 37.8 Å². The number of H-pyrrole nitrogens is 1. The number of rotatable bonds is 3. The number of hydrogen-bond donors (Lipinski definition) is 1. The Labute approximate surface area is 114 Å². The molecule has 0 aliphatic heterocycles. The third-order valence-electron chi connectivity index (χ3n) is 3.22. The minimum atomic E-state index is -0.0800. The second-order valence-corrected chi connectivity index (χ2v) is 5.93. The Hall–Kier alpha value is -1.77. The van der Waals surface area contributed by atoms with Crippen molar-refractivity contribution in [3.63, 3.8) is 0 Å². The van der Waals surface area contributed by atoms with Crippen LogP contribution in [-0.2, 0) is 12.0 Å². The molecule has 0 atom stereocenters. The smallest absolute Gasteiger partial charge is 0.274 e. The van der Waals surface area contributed by atoms with Crippen molar-refractivity contribution in [2.75, 3.05) is 0 Å². The summed E-state index contributed by atoms with van der Waals surface area (Å²) in [4.78, 5) is 12.6. The molecule has 0 bridgehead atoms. The van der Waals surface area contributed by atoms with Gasteiger partial charge in [0.1, 0.15) is 0 Å². The van der Waals surface area contributed by atoms with Gasteiger partial charge in [-0.1, -0.05) is 58.0 Å². The van der Waals surface area contributed by atoms with Gasteiger partial charge < -0.3 is 0 Å². The van der Waals surface area contributed by atoms with Gasteiger partial charge in [-0.25, -0.2) is 0 Å². The Morgan fingerprint density at radius 3 is 2.32 bits per heavy atom. The van der Waals surface area contributed by atoms with Gasteiger partial charge in [0.15, 0.2) is 0 Å². The fourth-order valence-electron chi connectivity index (χ4n) is 2.28. The summed E-state index contributed by atoms with van der Waals surface area (Å²) in [6, 6.07) is 9.90. The molecular weight excluding hydrogens is 236 g/mol. The van der Waals surface area contributed by atoms with Gasteiger partial charge in [0.25, 0.3) is 5.56 Å². The van der Waals surface area contributed by atoms with E-state index in [2.05, 4.69) is 32.8 Å². The summed E-state index contributed by atoms with van der Waals surface area (Å²) in [6.07, 6.45) is 0.943. The van der Waals surface area contributed by atoms with Crippen LogP contribution in [0.4, 0.5) is 0 Å². The Balaban J connectivity index is 2.67. The molecule has 1 heterocycles. The van der Waals surface area contributed by atoms with Gasteiger partial charge >= 0.3 is 0 Å². The second kappa shape index (κ2) is 5.08. The van der Waals surface area contributed by atoms with E-state index in [1.54, 1.807) is 4.68 Å². The first-order chi connectivity index (χ1) is 8.95. The van der Waals surface area contributed by atoms with Crippen molar-refractivity contribution >= 4 is 0 Å². The highest BCUT2D eigenvalue weighted by Crippen LogP contribution is 2.29. The Morgan fingerprint density at radius 2 is 1.79 bits per heavy atom. The molecule has 0 radical (unpaired) electrons. The zero-order valence-electron chi connectivity index (χ0n) is 12.2. The highest BCUT2D eigenvalue weighted by atomic mass is 16.1. The molecule has 1 N–H and O–H groups in total. The first kappa shape index (κ1) is 13.7. The number of aryl methyl sites for hydroxylation is 1. The number of nitrogens with zero attached hydrogens (tertiary/aromatic N) is 1. The normalized spacial score (nSPS) is 11.8. The summed E-state index contributed by atoms with van der Waals surface area (Å²) in [7, 11) is 0. The quantitative estimate of drug-likeness (QED) is 0.898. The molecular formula is C16H22N2O. The van der Waals surface area contributed by atoms with Crippen LogP contribution in [0.3, 0.4) is 0 Å². The van der Waals surface area contributed by atoms with Crippen LogP contribution < -0.4 is 5.56 Å². The Kier molecular flexibility index (Phi) is 3.65. The van der Waals surface area contributed by atoms with Crippen LogP contribution in [0.2, 0.25) is 0 Å². The van der Waals surface area contributed by atoms with Crippen molar-refractivity contribution in [1.82, 2.24) is 9.78 Å². The lowest BCUT2D eigenvalue weighted by molar-refractivity contribution is 0.524. The van der Waals surface area contributed by atoms with E-state index >= 15 is 0 Å². The van der Waals surface area contributed by atoms with E-state index in [0.717, 1.165) is 29.8 Å². The lowest BCUT2D eigenvalue weighted by atomic mass is 9.87. The summed E-state index contributed by atoms with van der Waals surface area (Å²) < 4.78 is 1.73. The van der Waals surface area contributed by atoms with Crippen LogP contribution in [-0.4, -0.2) is 9.78 Å². The molecule has 19 heavy (non-hydrogen) atoms. The number of hydrogen-bond acceptors (Lipinski definition) is 1. The van der Waals surface area contributed by atoms with Crippen molar-refractivity contribution in [2.24, 2.45) is 0 Å². The molecule has 3 heteroatoms. The van der Waals surface area contributed by atoms with E-state index < -0.39 is 0 Å². The fraction of sp³-hybridized carbons (Fsp3) is 0.438.